The second-order valence-electron chi connectivity index (χ2n) is 5.61. The van der Waals surface area contributed by atoms with Gasteiger partial charge in [-0.05, 0) is 37.1 Å². The predicted molar refractivity (Wildman–Crippen MR) is 86.3 cm³/mol. The standard InChI is InChI=1S/C18H17FN2O/c1-10-4-6-12(7-5-10)15-9-13(19)8-14-11(2)16(18(20)22)21(3)17(14)15/h4-9H,1-3H3,(H2,20,22). The van der Waals surface area contributed by atoms with Crippen LogP contribution in [0.1, 0.15) is 21.6 Å². The Kier molecular flexibility index (Phi) is 3.24. The zero-order chi connectivity index (χ0) is 16.0. The van der Waals surface area contributed by atoms with Crippen molar-refractivity contribution in [1.82, 2.24) is 4.57 Å². The molecular weight excluding hydrogens is 279 g/mol. The fourth-order valence-corrected chi connectivity index (χ4v) is 3.04. The lowest BCUT2D eigenvalue weighted by molar-refractivity contribution is 0.0992. The fraction of sp³-hybridized carbons (Fsp3) is 0.167. The van der Waals surface area contributed by atoms with Crippen LogP contribution < -0.4 is 5.73 Å². The molecule has 1 amide bonds. The molecule has 2 aromatic carbocycles. The van der Waals surface area contributed by atoms with Crippen molar-refractivity contribution in [2.45, 2.75) is 13.8 Å². The van der Waals surface area contributed by atoms with Crippen molar-refractivity contribution in [3.63, 3.8) is 0 Å². The molecular formula is C18H17FN2O. The average Bonchev–Trinajstić information content (AvgIpc) is 2.70. The minimum absolute atomic E-state index is 0.326. The summed E-state index contributed by atoms with van der Waals surface area (Å²) in [6, 6.07) is 10.8. The minimum atomic E-state index is -0.508. The van der Waals surface area contributed by atoms with Crippen molar-refractivity contribution in [3.05, 3.63) is 59.0 Å². The molecule has 2 N–H and O–H groups in total. The Bertz CT molecular complexity index is 892. The molecule has 0 atom stereocenters. The molecule has 0 aliphatic rings. The van der Waals surface area contributed by atoms with Gasteiger partial charge in [-0.1, -0.05) is 29.8 Å². The third kappa shape index (κ3) is 2.08. The van der Waals surface area contributed by atoms with E-state index in [0.717, 1.165) is 22.2 Å². The second-order valence-corrected chi connectivity index (χ2v) is 5.61. The number of nitrogens with zero attached hydrogens (tertiary/aromatic N) is 1. The van der Waals surface area contributed by atoms with E-state index in [4.69, 9.17) is 5.73 Å². The van der Waals surface area contributed by atoms with Gasteiger partial charge in [0, 0.05) is 18.0 Å². The maximum absolute atomic E-state index is 14.1. The Hall–Kier alpha value is -2.62. The Morgan fingerprint density at radius 3 is 2.36 bits per heavy atom. The molecule has 1 heterocycles. The van der Waals surface area contributed by atoms with Crippen LogP contribution in [0.15, 0.2) is 36.4 Å². The molecule has 0 saturated heterocycles. The number of carbonyl (C=O) groups is 1. The van der Waals surface area contributed by atoms with E-state index in [0.29, 0.717) is 16.6 Å². The lowest BCUT2D eigenvalue weighted by atomic mass is 10.0. The summed E-state index contributed by atoms with van der Waals surface area (Å²) in [5, 5.41) is 0.715. The van der Waals surface area contributed by atoms with Crippen LogP contribution in [-0.2, 0) is 7.05 Å². The van der Waals surface area contributed by atoms with Crippen molar-refractivity contribution in [3.8, 4) is 11.1 Å². The number of fused-ring (bicyclic) bond motifs is 1. The predicted octanol–water partition coefficient (Wildman–Crippen LogP) is 3.70. The summed E-state index contributed by atoms with van der Waals surface area (Å²) in [5.41, 5.74) is 10.2. The maximum Gasteiger partial charge on any atom is 0.265 e. The van der Waals surface area contributed by atoms with Crippen molar-refractivity contribution >= 4 is 16.8 Å². The average molecular weight is 296 g/mol. The SMILES string of the molecule is Cc1ccc(-c2cc(F)cc3c(C)c(C(N)=O)n(C)c23)cc1. The van der Waals surface area contributed by atoms with E-state index in [9.17, 15) is 9.18 Å². The highest BCUT2D eigenvalue weighted by atomic mass is 19.1. The lowest BCUT2D eigenvalue weighted by Crippen LogP contribution is -2.16. The number of halogens is 1. The molecule has 0 aliphatic carbocycles. The summed E-state index contributed by atoms with van der Waals surface area (Å²) in [7, 11) is 1.78. The van der Waals surface area contributed by atoms with E-state index in [-0.39, 0.29) is 5.82 Å². The number of hydrogen-bond acceptors (Lipinski definition) is 1. The monoisotopic (exact) mass is 296 g/mol. The first-order chi connectivity index (χ1) is 10.4. The third-order valence-corrected chi connectivity index (χ3v) is 4.10. The molecule has 0 fully saturated rings. The van der Waals surface area contributed by atoms with Gasteiger partial charge in [0.05, 0.1) is 5.52 Å². The number of rotatable bonds is 2. The van der Waals surface area contributed by atoms with E-state index < -0.39 is 5.91 Å². The highest BCUT2D eigenvalue weighted by Gasteiger charge is 2.19. The number of primary amides is 1. The smallest absolute Gasteiger partial charge is 0.265 e. The highest BCUT2D eigenvalue weighted by molar-refractivity contribution is 6.05. The molecule has 3 nitrogen and oxygen atoms in total. The van der Waals surface area contributed by atoms with Gasteiger partial charge in [-0.15, -0.1) is 0 Å². The normalized spacial score (nSPS) is 11.1. The van der Waals surface area contributed by atoms with Gasteiger partial charge < -0.3 is 10.3 Å². The van der Waals surface area contributed by atoms with E-state index in [2.05, 4.69) is 0 Å². The van der Waals surface area contributed by atoms with E-state index >= 15 is 0 Å². The van der Waals surface area contributed by atoms with Crippen LogP contribution >= 0.6 is 0 Å². The van der Waals surface area contributed by atoms with Gasteiger partial charge in [0.1, 0.15) is 11.5 Å². The zero-order valence-electron chi connectivity index (χ0n) is 12.8. The van der Waals surface area contributed by atoms with Gasteiger partial charge >= 0.3 is 0 Å². The fourth-order valence-electron chi connectivity index (χ4n) is 3.04. The van der Waals surface area contributed by atoms with E-state index in [1.807, 2.05) is 31.2 Å². The number of nitrogens with two attached hydrogens (primary N) is 1. The number of aryl methyl sites for hydroxylation is 3. The Balaban J connectivity index is 2.42. The molecule has 22 heavy (non-hydrogen) atoms. The minimum Gasteiger partial charge on any atom is -0.364 e. The van der Waals surface area contributed by atoms with Crippen LogP contribution in [0.3, 0.4) is 0 Å². The largest absolute Gasteiger partial charge is 0.364 e. The second kappa shape index (κ2) is 4.98. The topological polar surface area (TPSA) is 48.0 Å². The Morgan fingerprint density at radius 1 is 1.14 bits per heavy atom. The number of aromatic nitrogens is 1. The summed E-state index contributed by atoms with van der Waals surface area (Å²) >= 11 is 0. The van der Waals surface area contributed by atoms with Gasteiger partial charge in [-0.3, -0.25) is 4.79 Å². The van der Waals surface area contributed by atoms with E-state index in [1.54, 1.807) is 18.5 Å². The van der Waals surface area contributed by atoms with Gasteiger partial charge in [0.15, 0.2) is 0 Å². The first kappa shape index (κ1) is 14.3. The van der Waals surface area contributed by atoms with Crippen LogP contribution in [0.5, 0.6) is 0 Å². The highest BCUT2D eigenvalue weighted by Crippen LogP contribution is 2.34. The van der Waals surface area contributed by atoms with Gasteiger partial charge in [-0.25, -0.2) is 4.39 Å². The summed E-state index contributed by atoms with van der Waals surface area (Å²) in [6.07, 6.45) is 0. The quantitative estimate of drug-likeness (QED) is 0.770. The Labute approximate surface area is 128 Å². The van der Waals surface area contributed by atoms with Crippen LogP contribution in [-0.4, -0.2) is 10.5 Å². The number of hydrogen-bond donors (Lipinski definition) is 1. The molecule has 0 unspecified atom stereocenters. The first-order valence-corrected chi connectivity index (χ1v) is 7.05. The number of amides is 1. The van der Waals surface area contributed by atoms with Crippen molar-refractivity contribution in [2.24, 2.45) is 12.8 Å². The van der Waals surface area contributed by atoms with E-state index in [1.165, 1.54) is 12.1 Å². The van der Waals surface area contributed by atoms with Crippen LogP contribution in [0.2, 0.25) is 0 Å². The summed E-state index contributed by atoms with van der Waals surface area (Å²) in [6.45, 7) is 3.80. The molecule has 112 valence electrons. The molecule has 4 heteroatoms. The lowest BCUT2D eigenvalue weighted by Gasteiger charge is -2.08. The molecule has 3 rings (SSSR count). The molecule has 0 spiro atoms. The number of benzene rings is 2. The van der Waals surface area contributed by atoms with Crippen LogP contribution in [0.4, 0.5) is 4.39 Å². The Morgan fingerprint density at radius 2 is 1.77 bits per heavy atom. The molecule has 1 aromatic heterocycles. The maximum atomic E-state index is 14.1. The number of carbonyl (C=O) groups excluding carboxylic acids is 1. The molecule has 0 aliphatic heterocycles. The molecule has 3 aromatic rings. The van der Waals surface area contributed by atoms with Gasteiger partial charge in [0.25, 0.3) is 5.91 Å². The van der Waals surface area contributed by atoms with Crippen molar-refractivity contribution in [2.75, 3.05) is 0 Å². The summed E-state index contributed by atoms with van der Waals surface area (Å²) < 4.78 is 15.8. The van der Waals surface area contributed by atoms with Crippen molar-refractivity contribution < 1.29 is 9.18 Å². The zero-order valence-corrected chi connectivity index (χ0v) is 12.8. The first-order valence-electron chi connectivity index (χ1n) is 7.05. The van der Waals surface area contributed by atoms with Crippen molar-refractivity contribution in [1.29, 1.82) is 0 Å². The van der Waals surface area contributed by atoms with Crippen LogP contribution in [0.25, 0.3) is 22.0 Å². The third-order valence-electron chi connectivity index (χ3n) is 4.10. The van der Waals surface area contributed by atoms with Gasteiger partial charge in [-0.2, -0.15) is 0 Å². The summed E-state index contributed by atoms with van der Waals surface area (Å²) in [5.74, 6) is -0.834. The van der Waals surface area contributed by atoms with Gasteiger partial charge in [0.2, 0.25) is 0 Å². The molecule has 0 saturated carbocycles. The summed E-state index contributed by atoms with van der Waals surface area (Å²) in [4.78, 5) is 11.7. The molecule has 0 radical (unpaired) electrons. The molecule has 0 bridgehead atoms. The van der Waals surface area contributed by atoms with Crippen LogP contribution in [0, 0.1) is 19.7 Å².